The van der Waals surface area contributed by atoms with Crippen LogP contribution in [0.15, 0.2) is 48.5 Å². The molecule has 0 saturated carbocycles. The highest BCUT2D eigenvalue weighted by molar-refractivity contribution is 5.96. The first kappa shape index (κ1) is 20.6. The lowest BCUT2D eigenvalue weighted by Crippen LogP contribution is -2.33. The number of carbonyl (C=O) groups is 1. The van der Waals surface area contributed by atoms with Gasteiger partial charge in [0, 0.05) is 6.04 Å². The van der Waals surface area contributed by atoms with Crippen molar-refractivity contribution in [3.63, 3.8) is 0 Å². The Balaban J connectivity index is 1.66. The number of methoxy groups -OCH3 is 1. The highest BCUT2D eigenvalue weighted by Gasteiger charge is 2.20. The molecule has 0 radical (unpaired) electrons. The van der Waals surface area contributed by atoms with Gasteiger partial charge in [-0.15, -0.1) is 0 Å². The lowest BCUT2D eigenvalue weighted by molar-refractivity contribution is 0.0937. The Bertz CT molecular complexity index is 979. The van der Waals surface area contributed by atoms with E-state index in [4.69, 9.17) is 4.74 Å². The number of aromatic nitrogens is 2. The van der Waals surface area contributed by atoms with Crippen molar-refractivity contribution >= 4 is 5.91 Å². The molecule has 1 aromatic heterocycles. The summed E-state index contributed by atoms with van der Waals surface area (Å²) in [4.78, 5) is 12.8. The van der Waals surface area contributed by atoms with Crippen LogP contribution >= 0.6 is 0 Å². The van der Waals surface area contributed by atoms with Crippen molar-refractivity contribution in [1.82, 2.24) is 15.1 Å². The summed E-state index contributed by atoms with van der Waals surface area (Å²) < 4.78 is 20.0. The predicted octanol–water partition coefficient (Wildman–Crippen LogP) is 4.39. The molecule has 0 aliphatic carbocycles. The highest BCUT2D eigenvalue weighted by Crippen LogP contribution is 2.19. The van der Waals surface area contributed by atoms with Crippen molar-refractivity contribution in [2.75, 3.05) is 7.11 Å². The van der Waals surface area contributed by atoms with Gasteiger partial charge in [0.25, 0.3) is 5.91 Å². The Morgan fingerprint density at radius 2 is 1.79 bits per heavy atom. The molecule has 6 heteroatoms. The monoisotopic (exact) mass is 395 g/mol. The molecule has 0 unspecified atom stereocenters. The quantitative estimate of drug-likeness (QED) is 0.646. The van der Waals surface area contributed by atoms with E-state index in [1.165, 1.54) is 17.7 Å². The van der Waals surface area contributed by atoms with Gasteiger partial charge in [-0.3, -0.25) is 4.79 Å². The predicted molar refractivity (Wildman–Crippen MR) is 111 cm³/mol. The van der Waals surface area contributed by atoms with Gasteiger partial charge in [-0.25, -0.2) is 9.07 Å². The third kappa shape index (κ3) is 4.83. The van der Waals surface area contributed by atoms with Crippen LogP contribution in [0.3, 0.4) is 0 Å². The van der Waals surface area contributed by atoms with E-state index >= 15 is 0 Å². The maximum atomic E-state index is 13.2. The number of rotatable bonds is 7. The standard InChI is InChI=1S/C23H26FN3O2/c1-15(5-6-18-7-13-21(29-4)14-8-18)25-23(28)22-16(2)26-27(17(22)3)20-11-9-19(24)10-12-20/h7-15H,5-6H2,1-4H3,(H,25,28)/t15-/m0/s1. The maximum Gasteiger partial charge on any atom is 0.255 e. The van der Waals surface area contributed by atoms with E-state index < -0.39 is 0 Å². The van der Waals surface area contributed by atoms with Crippen LogP contribution in [0, 0.1) is 19.7 Å². The SMILES string of the molecule is COc1ccc(CC[C@H](C)NC(=O)c2c(C)nn(-c3ccc(F)cc3)c2C)cc1. The Morgan fingerprint density at radius 1 is 1.14 bits per heavy atom. The van der Waals surface area contributed by atoms with Crippen molar-refractivity contribution in [2.24, 2.45) is 0 Å². The van der Waals surface area contributed by atoms with E-state index in [1.807, 2.05) is 45.0 Å². The van der Waals surface area contributed by atoms with Crippen molar-refractivity contribution in [3.8, 4) is 11.4 Å². The molecule has 2 aromatic carbocycles. The van der Waals surface area contributed by atoms with Crippen LogP contribution in [0.4, 0.5) is 4.39 Å². The molecule has 29 heavy (non-hydrogen) atoms. The van der Waals surface area contributed by atoms with Gasteiger partial charge in [-0.2, -0.15) is 5.10 Å². The summed E-state index contributed by atoms with van der Waals surface area (Å²) in [6.07, 6.45) is 1.68. The molecule has 0 saturated heterocycles. The molecule has 0 aliphatic heterocycles. The molecule has 152 valence electrons. The minimum atomic E-state index is -0.307. The largest absolute Gasteiger partial charge is 0.497 e. The van der Waals surface area contributed by atoms with Crippen LogP contribution in [-0.2, 0) is 6.42 Å². The summed E-state index contributed by atoms with van der Waals surface area (Å²) in [7, 11) is 1.65. The average molecular weight is 395 g/mol. The van der Waals surface area contributed by atoms with E-state index in [0.29, 0.717) is 11.3 Å². The summed E-state index contributed by atoms with van der Waals surface area (Å²) in [6.45, 7) is 5.65. The van der Waals surface area contributed by atoms with E-state index in [0.717, 1.165) is 30.0 Å². The topological polar surface area (TPSA) is 56.1 Å². The molecule has 0 fully saturated rings. The Labute approximate surface area is 170 Å². The lowest BCUT2D eigenvalue weighted by atomic mass is 10.1. The van der Waals surface area contributed by atoms with Gasteiger partial charge in [-0.1, -0.05) is 12.1 Å². The molecule has 3 rings (SSSR count). The molecule has 1 heterocycles. The number of nitrogens with zero attached hydrogens (tertiary/aromatic N) is 2. The maximum absolute atomic E-state index is 13.2. The van der Waals surface area contributed by atoms with Gasteiger partial charge < -0.3 is 10.1 Å². The number of carbonyl (C=O) groups excluding carboxylic acids is 1. The van der Waals surface area contributed by atoms with E-state index in [2.05, 4.69) is 10.4 Å². The number of hydrogen-bond acceptors (Lipinski definition) is 3. The van der Waals surface area contributed by atoms with Gasteiger partial charge >= 0.3 is 0 Å². The second-order valence-electron chi connectivity index (χ2n) is 7.20. The molecule has 1 atom stereocenters. The highest BCUT2D eigenvalue weighted by atomic mass is 19.1. The Hall–Kier alpha value is -3.15. The summed E-state index contributed by atoms with van der Waals surface area (Å²) in [5.41, 5.74) is 3.85. The summed E-state index contributed by atoms with van der Waals surface area (Å²) >= 11 is 0. The van der Waals surface area contributed by atoms with Gasteiger partial charge in [-0.05, 0) is 75.6 Å². The molecule has 0 aliphatic rings. The number of ether oxygens (including phenoxy) is 1. The molecule has 0 bridgehead atoms. The van der Waals surface area contributed by atoms with E-state index in [-0.39, 0.29) is 17.8 Å². The Kier molecular flexibility index (Phi) is 6.32. The molecule has 1 amide bonds. The van der Waals surface area contributed by atoms with E-state index in [9.17, 15) is 9.18 Å². The van der Waals surface area contributed by atoms with Crippen molar-refractivity contribution in [3.05, 3.63) is 76.9 Å². The zero-order valence-corrected chi connectivity index (χ0v) is 17.2. The van der Waals surface area contributed by atoms with Crippen LogP contribution in [0.25, 0.3) is 5.69 Å². The van der Waals surface area contributed by atoms with Crippen molar-refractivity contribution in [1.29, 1.82) is 0 Å². The third-order valence-corrected chi connectivity index (χ3v) is 4.99. The molecular formula is C23H26FN3O2. The summed E-state index contributed by atoms with van der Waals surface area (Å²) in [6, 6.07) is 14.0. The number of aryl methyl sites for hydroxylation is 2. The van der Waals surface area contributed by atoms with Crippen LogP contribution < -0.4 is 10.1 Å². The zero-order valence-electron chi connectivity index (χ0n) is 17.2. The first-order valence-corrected chi connectivity index (χ1v) is 9.65. The molecule has 3 aromatic rings. The second kappa shape index (κ2) is 8.90. The number of halogens is 1. The fraction of sp³-hybridized carbons (Fsp3) is 0.304. The summed E-state index contributed by atoms with van der Waals surface area (Å²) in [5.74, 6) is 0.383. The minimum Gasteiger partial charge on any atom is -0.497 e. The minimum absolute atomic E-state index is 0.0116. The molecular weight excluding hydrogens is 369 g/mol. The number of nitrogens with one attached hydrogen (secondary N) is 1. The lowest BCUT2D eigenvalue weighted by Gasteiger charge is -2.14. The fourth-order valence-electron chi connectivity index (χ4n) is 3.35. The first-order valence-electron chi connectivity index (χ1n) is 9.65. The van der Waals surface area contributed by atoms with Gasteiger partial charge in [0.05, 0.1) is 29.7 Å². The van der Waals surface area contributed by atoms with Crippen molar-refractivity contribution in [2.45, 2.75) is 39.7 Å². The van der Waals surface area contributed by atoms with Crippen LogP contribution in [0.1, 0.15) is 40.7 Å². The molecule has 5 nitrogen and oxygen atoms in total. The molecule has 0 spiro atoms. The van der Waals surface area contributed by atoms with Crippen molar-refractivity contribution < 1.29 is 13.9 Å². The van der Waals surface area contributed by atoms with Crippen LogP contribution in [0.2, 0.25) is 0 Å². The van der Waals surface area contributed by atoms with Crippen LogP contribution in [0.5, 0.6) is 5.75 Å². The normalized spacial score (nSPS) is 11.9. The molecule has 1 N–H and O–H groups in total. The smallest absolute Gasteiger partial charge is 0.255 e. The van der Waals surface area contributed by atoms with E-state index in [1.54, 1.807) is 23.9 Å². The van der Waals surface area contributed by atoms with Crippen LogP contribution in [-0.4, -0.2) is 28.8 Å². The number of amides is 1. The first-order chi connectivity index (χ1) is 13.9. The van der Waals surface area contributed by atoms with Gasteiger partial charge in [0.2, 0.25) is 0 Å². The number of hydrogen-bond donors (Lipinski definition) is 1. The second-order valence-corrected chi connectivity index (χ2v) is 7.20. The third-order valence-electron chi connectivity index (χ3n) is 4.99. The Morgan fingerprint density at radius 3 is 2.41 bits per heavy atom. The zero-order chi connectivity index (χ0) is 21.0. The summed E-state index contributed by atoms with van der Waals surface area (Å²) in [5, 5.41) is 7.54. The van der Waals surface area contributed by atoms with Gasteiger partial charge in [0.15, 0.2) is 0 Å². The number of benzene rings is 2. The van der Waals surface area contributed by atoms with Gasteiger partial charge in [0.1, 0.15) is 11.6 Å². The average Bonchev–Trinajstić information content (AvgIpc) is 3.01. The fourth-order valence-corrected chi connectivity index (χ4v) is 3.35.